The monoisotopic (exact) mass is 741 g/mol. The van der Waals surface area contributed by atoms with Crippen LogP contribution in [-0.4, -0.2) is 48.9 Å². The predicted molar refractivity (Wildman–Crippen MR) is 185 cm³/mol. The number of nitrogens with zero attached hydrogens (tertiary/aromatic N) is 2. The van der Waals surface area contributed by atoms with Crippen molar-refractivity contribution < 1.29 is 94.6 Å². The first-order chi connectivity index (χ1) is 23.1. The van der Waals surface area contributed by atoms with E-state index in [1.165, 1.54) is 36.4 Å². The van der Waals surface area contributed by atoms with Gasteiger partial charge in [0.2, 0.25) is 11.6 Å². The van der Waals surface area contributed by atoms with E-state index in [0.29, 0.717) is 22.6 Å². The van der Waals surface area contributed by atoms with Crippen LogP contribution in [0, 0.1) is 13.8 Å². The molecule has 6 rings (SSSR count). The largest absolute Gasteiger partial charge is 1.00 e. The second-order valence-electron chi connectivity index (χ2n) is 11.2. The second kappa shape index (κ2) is 15.5. The van der Waals surface area contributed by atoms with Crippen molar-refractivity contribution >= 4 is 71.3 Å². The Bertz CT molecular complexity index is 2480. The summed E-state index contributed by atoms with van der Waals surface area (Å²) >= 11 is 0. The van der Waals surface area contributed by atoms with Gasteiger partial charge in [-0.25, -0.2) is 16.8 Å². The second-order valence-corrected chi connectivity index (χ2v) is 13.9. The van der Waals surface area contributed by atoms with Gasteiger partial charge in [-0.15, -0.1) is 0 Å². The van der Waals surface area contributed by atoms with Crippen molar-refractivity contribution in [3.05, 3.63) is 123 Å². The molecule has 0 saturated heterocycles. The maximum absolute atomic E-state index is 13.1. The number of hydrogen-bond donors (Lipinski definition) is 3. The van der Waals surface area contributed by atoms with Gasteiger partial charge in [0.15, 0.2) is 0 Å². The van der Waals surface area contributed by atoms with E-state index < -0.39 is 47.3 Å². The first kappa shape index (κ1) is 40.0. The fraction of sp³-hybridized carbons (Fsp3) is 0.0588. The molecule has 17 heteroatoms. The number of aryl methyl sites for hydroxylation is 2. The van der Waals surface area contributed by atoms with Gasteiger partial charge in [-0.3, -0.25) is 20.4 Å². The third-order valence-electron chi connectivity index (χ3n) is 7.90. The molecular weight excluding hydrogens is 717 g/mol. The van der Waals surface area contributed by atoms with E-state index in [1.807, 2.05) is 12.1 Å². The van der Waals surface area contributed by atoms with E-state index in [9.17, 15) is 35.5 Å². The van der Waals surface area contributed by atoms with E-state index in [-0.39, 0.29) is 87.1 Å². The number of nitrogens with one attached hydrogen (secondary N) is 2. The molecule has 0 aliphatic heterocycles. The molecule has 248 valence electrons. The molecule has 0 heterocycles. The molecular formula is C34H25N5Na2O8S2. The number of Topliss-reactive ketones (excluding diaryl/α,β-unsaturated/α-hetero) is 2. The van der Waals surface area contributed by atoms with Crippen molar-refractivity contribution in [3.8, 4) is 11.1 Å². The summed E-state index contributed by atoms with van der Waals surface area (Å²) in [5, 5.41) is 8.14. The van der Waals surface area contributed by atoms with E-state index in [2.05, 4.69) is 21.1 Å². The normalized spacial score (nSPS) is 15.5. The van der Waals surface area contributed by atoms with Gasteiger partial charge in [-0.05, 0) is 96.3 Å². The van der Waals surface area contributed by atoms with Crippen LogP contribution in [0.4, 0.5) is 17.1 Å². The smallest absolute Gasteiger partial charge is 0.744 e. The summed E-state index contributed by atoms with van der Waals surface area (Å²) in [5.41, 5.74) is 15.2. The predicted octanol–water partition coefficient (Wildman–Crippen LogP) is -1.34. The molecule has 13 nitrogen and oxygen atoms in total. The first-order valence-corrected chi connectivity index (χ1v) is 17.3. The third kappa shape index (κ3) is 8.34. The minimum absolute atomic E-state index is 0. The molecule has 2 aliphatic carbocycles. The molecule has 0 saturated carbocycles. The number of carbonyl (C=O) groups excluding carboxylic acids is 2. The Morgan fingerprint density at radius 1 is 0.627 bits per heavy atom. The van der Waals surface area contributed by atoms with E-state index in [1.54, 1.807) is 44.2 Å². The van der Waals surface area contributed by atoms with Crippen molar-refractivity contribution in [1.82, 2.24) is 0 Å². The van der Waals surface area contributed by atoms with Crippen molar-refractivity contribution in [2.45, 2.75) is 13.8 Å². The summed E-state index contributed by atoms with van der Waals surface area (Å²) in [4.78, 5) is 24.8. The van der Waals surface area contributed by atoms with Crippen LogP contribution >= 0.6 is 0 Å². The SMILES string of the molecule is Cc1cc(-c2ccc(N/N=C3\C=C(S(=O)(=O)[O-])c4ccccc4C3=O)c(C)c2)ccc1N/N=C1/C(=O)c2ccc(N)cc2C=C1S(=O)(=O)[O-].[Na+].[Na+]. The number of ketones is 2. The van der Waals surface area contributed by atoms with Crippen LogP contribution in [0.1, 0.15) is 43.0 Å². The number of hydrogen-bond acceptors (Lipinski definition) is 13. The van der Waals surface area contributed by atoms with Crippen molar-refractivity contribution in [1.29, 1.82) is 0 Å². The zero-order valence-corrected chi connectivity index (χ0v) is 33.3. The van der Waals surface area contributed by atoms with Gasteiger partial charge in [0.05, 0.1) is 21.2 Å². The van der Waals surface area contributed by atoms with Gasteiger partial charge in [-0.2, -0.15) is 10.2 Å². The van der Waals surface area contributed by atoms with Gasteiger partial charge < -0.3 is 14.8 Å². The number of nitrogens with two attached hydrogens (primary N) is 1. The summed E-state index contributed by atoms with van der Waals surface area (Å²) in [6.45, 7) is 3.57. The molecule has 0 radical (unpaired) electrons. The van der Waals surface area contributed by atoms with Gasteiger partial charge in [-0.1, -0.05) is 36.4 Å². The van der Waals surface area contributed by atoms with Gasteiger partial charge in [0, 0.05) is 22.4 Å². The Balaban J connectivity index is 0.00000292. The van der Waals surface area contributed by atoms with Crippen LogP contribution in [0.25, 0.3) is 22.1 Å². The summed E-state index contributed by atoms with van der Waals surface area (Å²) in [6, 6.07) is 20.9. The summed E-state index contributed by atoms with van der Waals surface area (Å²) < 4.78 is 71.7. The number of anilines is 3. The maximum Gasteiger partial charge on any atom is 1.00 e. The Labute approximate surface area is 337 Å². The molecule has 4 N–H and O–H groups in total. The summed E-state index contributed by atoms with van der Waals surface area (Å²) in [6.07, 6.45) is 2.04. The number of nitrogen functional groups attached to an aromatic ring is 1. The third-order valence-corrected chi connectivity index (χ3v) is 9.63. The van der Waals surface area contributed by atoms with Crippen LogP contribution in [0.5, 0.6) is 0 Å². The molecule has 4 aromatic carbocycles. The minimum Gasteiger partial charge on any atom is -0.744 e. The molecule has 51 heavy (non-hydrogen) atoms. The number of rotatable bonds is 7. The van der Waals surface area contributed by atoms with E-state index in [0.717, 1.165) is 28.8 Å². The number of allylic oxidation sites excluding steroid dienone is 2. The number of benzene rings is 4. The molecule has 0 amide bonds. The zero-order chi connectivity index (χ0) is 35.2. The Morgan fingerprint density at radius 2 is 1.18 bits per heavy atom. The number of hydrazone groups is 2. The number of fused-ring (bicyclic) bond motifs is 2. The quantitative estimate of drug-likeness (QED) is 0.0871. The van der Waals surface area contributed by atoms with Crippen LogP contribution in [0.3, 0.4) is 0 Å². The Kier molecular flexibility index (Phi) is 12.1. The fourth-order valence-corrected chi connectivity index (χ4v) is 6.77. The van der Waals surface area contributed by atoms with Gasteiger partial charge >= 0.3 is 59.1 Å². The summed E-state index contributed by atoms with van der Waals surface area (Å²) in [7, 11) is -9.93. The van der Waals surface area contributed by atoms with Gasteiger partial charge in [0.1, 0.15) is 31.7 Å². The van der Waals surface area contributed by atoms with Crippen LogP contribution in [0.15, 0.2) is 100 Å². The molecule has 0 atom stereocenters. The molecule has 0 fully saturated rings. The van der Waals surface area contributed by atoms with Crippen molar-refractivity contribution in [3.63, 3.8) is 0 Å². The molecule has 0 spiro atoms. The van der Waals surface area contributed by atoms with Crippen LogP contribution in [-0.2, 0) is 20.2 Å². The average Bonchev–Trinajstić information content (AvgIpc) is 3.04. The number of carbonyl (C=O) groups is 2. The average molecular weight is 742 g/mol. The van der Waals surface area contributed by atoms with E-state index >= 15 is 0 Å². The molecule has 0 aromatic heterocycles. The van der Waals surface area contributed by atoms with Crippen LogP contribution in [0.2, 0.25) is 0 Å². The van der Waals surface area contributed by atoms with Crippen LogP contribution < -0.4 is 75.7 Å². The Morgan fingerprint density at radius 3 is 1.73 bits per heavy atom. The minimum atomic E-state index is -5.05. The topological polar surface area (TPSA) is 223 Å². The zero-order valence-electron chi connectivity index (χ0n) is 27.7. The van der Waals surface area contributed by atoms with E-state index in [4.69, 9.17) is 5.73 Å². The van der Waals surface area contributed by atoms with Crippen molar-refractivity contribution in [2.75, 3.05) is 16.6 Å². The standard InChI is InChI=1S/C34H27N5O8S2.2Na/c1-18-13-20(7-11-27(18)36-38-29-17-30(48(42,43)44)25-5-3-4-6-26(25)33(29)40)21-8-12-28(19(2)14-21)37-39-32-31(49(45,46)47)16-22-15-23(35)9-10-24(22)34(32)41;;/h3-17,36-37H,35H2,1-2H3,(H,42,43,44)(H,45,46,47);;/q;2*+1/p-2/b38-29+,39-32+;;. The van der Waals surface area contributed by atoms with Crippen molar-refractivity contribution in [2.24, 2.45) is 10.2 Å². The first-order valence-electron chi connectivity index (χ1n) is 14.4. The maximum atomic E-state index is 13.1. The fourth-order valence-electron chi connectivity index (χ4n) is 5.42. The van der Waals surface area contributed by atoms with Gasteiger partial charge in [0.25, 0.3) is 0 Å². The molecule has 0 unspecified atom stereocenters. The molecule has 0 bridgehead atoms. The molecule has 2 aliphatic rings. The Hall–Kier alpha value is -3.74. The summed E-state index contributed by atoms with van der Waals surface area (Å²) in [5.74, 6) is -1.28. The molecule has 4 aromatic rings.